The summed E-state index contributed by atoms with van der Waals surface area (Å²) in [6, 6.07) is 10.8. The van der Waals surface area contributed by atoms with E-state index in [0.29, 0.717) is 0 Å². The Kier molecular flexibility index (Phi) is 5.88. The second-order valence-corrected chi connectivity index (χ2v) is 5.97. The summed E-state index contributed by atoms with van der Waals surface area (Å²) < 4.78 is 5.67. The number of hydrogen-bond acceptors (Lipinski definition) is 3. The second-order valence-electron chi connectivity index (χ2n) is 4.84. The van der Waals surface area contributed by atoms with Gasteiger partial charge in [0.2, 0.25) is 0 Å². The zero-order valence-electron chi connectivity index (χ0n) is 11.1. The van der Waals surface area contributed by atoms with E-state index in [1.807, 2.05) is 42.1 Å². The predicted molar refractivity (Wildman–Crippen MR) is 79.5 cm³/mol. The van der Waals surface area contributed by atoms with Crippen molar-refractivity contribution in [1.29, 1.82) is 0 Å². The molecule has 0 radical (unpaired) electrons. The number of para-hydroxylation sites is 1. The molecule has 0 saturated heterocycles. The van der Waals surface area contributed by atoms with Crippen LogP contribution < -0.4 is 10.1 Å². The van der Waals surface area contributed by atoms with Crippen LogP contribution in [0.25, 0.3) is 0 Å². The summed E-state index contributed by atoms with van der Waals surface area (Å²) in [5, 5.41) is 4.52. The number of nitrogens with one attached hydrogen (secondary N) is 1. The van der Waals surface area contributed by atoms with Crippen LogP contribution in [0.5, 0.6) is 5.75 Å². The van der Waals surface area contributed by atoms with Crippen LogP contribution in [0.3, 0.4) is 0 Å². The fraction of sp³-hybridized carbons (Fsp3) is 0.600. The molecule has 1 fully saturated rings. The monoisotopic (exact) mass is 265 g/mol. The van der Waals surface area contributed by atoms with Crippen molar-refractivity contribution in [3.8, 4) is 5.75 Å². The van der Waals surface area contributed by atoms with Gasteiger partial charge in [-0.1, -0.05) is 18.2 Å². The molecule has 0 aliphatic heterocycles. The first-order valence-corrected chi connectivity index (χ1v) is 8.11. The second kappa shape index (κ2) is 7.70. The smallest absolute Gasteiger partial charge is 0.119 e. The lowest BCUT2D eigenvalue weighted by Crippen LogP contribution is -2.28. The topological polar surface area (TPSA) is 21.3 Å². The van der Waals surface area contributed by atoms with Gasteiger partial charge in [-0.2, -0.15) is 11.8 Å². The molecular weight excluding hydrogens is 242 g/mol. The van der Waals surface area contributed by atoms with Crippen LogP contribution in [0.1, 0.15) is 25.7 Å². The third-order valence-electron chi connectivity index (χ3n) is 3.48. The highest BCUT2D eigenvalue weighted by Gasteiger charge is 2.22. The molecule has 2 rings (SSSR count). The molecule has 2 atom stereocenters. The Bertz CT molecular complexity index is 331. The number of benzene rings is 1. The van der Waals surface area contributed by atoms with Crippen LogP contribution in [0, 0.1) is 0 Å². The van der Waals surface area contributed by atoms with Crippen LogP contribution in [-0.2, 0) is 0 Å². The van der Waals surface area contributed by atoms with Crippen LogP contribution in [0.4, 0.5) is 0 Å². The standard InChI is InChI=1S/C15H23NOS/c1-18-15-9-8-13(12-15)16-10-5-11-17-14-6-3-2-4-7-14/h2-4,6-7,13,15-16H,5,8-12H2,1H3. The first-order chi connectivity index (χ1) is 8.88. The Balaban J connectivity index is 1.52. The molecule has 0 amide bonds. The van der Waals surface area contributed by atoms with Crippen molar-refractivity contribution in [3.63, 3.8) is 0 Å². The highest BCUT2D eigenvalue weighted by atomic mass is 32.2. The van der Waals surface area contributed by atoms with Gasteiger partial charge in [0.25, 0.3) is 0 Å². The molecule has 0 bridgehead atoms. The van der Waals surface area contributed by atoms with Crippen LogP contribution in [-0.4, -0.2) is 30.7 Å². The molecule has 18 heavy (non-hydrogen) atoms. The van der Waals surface area contributed by atoms with Gasteiger partial charge in [0.15, 0.2) is 0 Å². The van der Waals surface area contributed by atoms with Gasteiger partial charge in [-0.05, 0) is 50.6 Å². The van der Waals surface area contributed by atoms with Gasteiger partial charge < -0.3 is 10.1 Å². The summed E-state index contributed by atoms with van der Waals surface area (Å²) in [5.74, 6) is 0.973. The summed E-state index contributed by atoms with van der Waals surface area (Å²) in [7, 11) is 0. The molecule has 2 unspecified atom stereocenters. The van der Waals surface area contributed by atoms with Crippen molar-refractivity contribution in [2.24, 2.45) is 0 Å². The van der Waals surface area contributed by atoms with Gasteiger partial charge >= 0.3 is 0 Å². The Labute approximate surface area is 114 Å². The first kappa shape index (κ1) is 13.8. The maximum Gasteiger partial charge on any atom is 0.119 e. The number of ether oxygens (including phenoxy) is 1. The summed E-state index contributed by atoms with van der Waals surface area (Å²) in [6.07, 6.45) is 7.35. The molecular formula is C15H23NOS. The quantitative estimate of drug-likeness (QED) is 0.764. The lowest BCUT2D eigenvalue weighted by atomic mass is 10.2. The molecule has 1 aliphatic carbocycles. The highest BCUT2D eigenvalue weighted by Crippen LogP contribution is 2.27. The zero-order valence-corrected chi connectivity index (χ0v) is 11.9. The third kappa shape index (κ3) is 4.54. The molecule has 100 valence electrons. The van der Waals surface area contributed by atoms with E-state index in [1.165, 1.54) is 19.3 Å². The fourth-order valence-electron chi connectivity index (χ4n) is 2.42. The Morgan fingerprint density at radius 2 is 2.11 bits per heavy atom. The van der Waals surface area contributed by atoms with Gasteiger partial charge in [0.05, 0.1) is 6.61 Å². The average molecular weight is 265 g/mol. The van der Waals surface area contributed by atoms with E-state index in [1.54, 1.807) is 0 Å². The van der Waals surface area contributed by atoms with Crippen molar-refractivity contribution in [2.45, 2.75) is 37.0 Å². The van der Waals surface area contributed by atoms with E-state index in [2.05, 4.69) is 11.6 Å². The number of thioether (sulfide) groups is 1. The van der Waals surface area contributed by atoms with Gasteiger partial charge in [-0.3, -0.25) is 0 Å². The number of rotatable bonds is 7. The molecule has 0 aromatic heterocycles. The van der Waals surface area contributed by atoms with E-state index >= 15 is 0 Å². The molecule has 1 aliphatic rings. The normalized spacial score (nSPS) is 23.2. The van der Waals surface area contributed by atoms with Crippen molar-refractivity contribution in [3.05, 3.63) is 30.3 Å². The first-order valence-electron chi connectivity index (χ1n) is 6.82. The Hall–Kier alpha value is -0.670. The lowest BCUT2D eigenvalue weighted by Gasteiger charge is -2.12. The molecule has 0 spiro atoms. The van der Waals surface area contributed by atoms with E-state index in [9.17, 15) is 0 Å². The third-order valence-corrected chi connectivity index (χ3v) is 4.58. The summed E-state index contributed by atoms with van der Waals surface area (Å²) >= 11 is 2.01. The van der Waals surface area contributed by atoms with Gasteiger partial charge in [0.1, 0.15) is 5.75 Å². The predicted octanol–water partition coefficient (Wildman–Crippen LogP) is 3.33. The summed E-state index contributed by atoms with van der Waals surface area (Å²) in [6.45, 7) is 1.87. The van der Waals surface area contributed by atoms with E-state index in [4.69, 9.17) is 4.74 Å². The van der Waals surface area contributed by atoms with Gasteiger partial charge in [-0.15, -0.1) is 0 Å². The van der Waals surface area contributed by atoms with Crippen molar-refractivity contribution >= 4 is 11.8 Å². The van der Waals surface area contributed by atoms with E-state index in [-0.39, 0.29) is 0 Å². The van der Waals surface area contributed by atoms with Gasteiger partial charge in [-0.25, -0.2) is 0 Å². The maximum absolute atomic E-state index is 5.67. The van der Waals surface area contributed by atoms with Crippen LogP contribution in [0.2, 0.25) is 0 Å². The molecule has 1 aromatic carbocycles. The molecule has 1 N–H and O–H groups in total. The van der Waals surface area contributed by atoms with E-state index < -0.39 is 0 Å². The fourth-order valence-corrected chi connectivity index (χ4v) is 3.22. The number of hydrogen-bond donors (Lipinski definition) is 1. The van der Waals surface area contributed by atoms with Crippen molar-refractivity contribution in [1.82, 2.24) is 5.32 Å². The minimum absolute atomic E-state index is 0.735. The van der Waals surface area contributed by atoms with Crippen molar-refractivity contribution < 1.29 is 4.74 Å². The minimum atomic E-state index is 0.735. The molecule has 1 saturated carbocycles. The molecule has 2 nitrogen and oxygen atoms in total. The SMILES string of the molecule is CSC1CCC(NCCCOc2ccccc2)C1. The molecule has 1 aromatic rings. The zero-order chi connectivity index (χ0) is 12.6. The minimum Gasteiger partial charge on any atom is -0.494 e. The van der Waals surface area contributed by atoms with E-state index in [0.717, 1.165) is 36.6 Å². The Morgan fingerprint density at radius 3 is 2.83 bits per heavy atom. The lowest BCUT2D eigenvalue weighted by molar-refractivity contribution is 0.305. The average Bonchev–Trinajstić information content (AvgIpc) is 2.87. The van der Waals surface area contributed by atoms with Crippen LogP contribution >= 0.6 is 11.8 Å². The largest absolute Gasteiger partial charge is 0.494 e. The Morgan fingerprint density at radius 1 is 1.28 bits per heavy atom. The maximum atomic E-state index is 5.67. The van der Waals surface area contributed by atoms with Crippen LogP contribution in [0.15, 0.2) is 30.3 Å². The molecule has 3 heteroatoms. The summed E-state index contributed by atoms with van der Waals surface area (Å²) in [5.41, 5.74) is 0. The highest BCUT2D eigenvalue weighted by molar-refractivity contribution is 7.99. The molecule has 0 heterocycles. The summed E-state index contributed by atoms with van der Waals surface area (Å²) in [4.78, 5) is 0. The van der Waals surface area contributed by atoms with Crippen molar-refractivity contribution in [2.75, 3.05) is 19.4 Å². The van der Waals surface area contributed by atoms with Gasteiger partial charge in [0, 0.05) is 11.3 Å².